The summed E-state index contributed by atoms with van der Waals surface area (Å²) in [5, 5.41) is 2.73. The molecule has 0 saturated heterocycles. The van der Waals surface area contributed by atoms with Crippen LogP contribution in [0.5, 0.6) is 0 Å². The molecule has 0 radical (unpaired) electrons. The molecule has 0 atom stereocenters. The standard InChI is InChI=1S/C25H16BN/c1-15-12-13-22-19(14-15)18-8-4-10-21-25(18)27(22)23-11-5-7-17-16-6-2-3-9-20(16)26(21)24(17)23/h2-14H,1H3. The minimum Gasteiger partial charge on any atom is -0.310 e. The highest BCUT2D eigenvalue weighted by molar-refractivity contribution is 7.01. The molecular formula is C25H16BN. The minimum absolute atomic E-state index is 0.342. The number of fused-ring (bicyclic) bond motifs is 8. The highest BCUT2D eigenvalue weighted by atomic mass is 15.0. The molecule has 0 amide bonds. The van der Waals surface area contributed by atoms with E-state index in [2.05, 4.69) is 90.4 Å². The van der Waals surface area contributed by atoms with Gasteiger partial charge in [-0.05, 0) is 47.2 Å². The van der Waals surface area contributed by atoms with Crippen molar-refractivity contribution in [1.82, 2.24) is 4.57 Å². The molecule has 2 aliphatic rings. The average molecular weight is 341 g/mol. The predicted molar refractivity (Wildman–Crippen MR) is 116 cm³/mol. The van der Waals surface area contributed by atoms with Crippen LogP contribution in [0.1, 0.15) is 5.56 Å². The zero-order valence-corrected chi connectivity index (χ0v) is 15.0. The quantitative estimate of drug-likeness (QED) is 0.369. The lowest BCUT2D eigenvalue weighted by atomic mass is 9.37. The van der Waals surface area contributed by atoms with E-state index in [1.807, 2.05) is 0 Å². The van der Waals surface area contributed by atoms with Crippen LogP contribution in [-0.4, -0.2) is 11.3 Å². The van der Waals surface area contributed by atoms with Crippen LogP contribution in [0.2, 0.25) is 0 Å². The molecule has 0 fully saturated rings. The summed E-state index contributed by atoms with van der Waals surface area (Å²) in [6, 6.07) is 29.4. The number of para-hydroxylation sites is 1. The van der Waals surface area contributed by atoms with E-state index in [-0.39, 0.29) is 0 Å². The van der Waals surface area contributed by atoms with Gasteiger partial charge in [0, 0.05) is 22.0 Å². The molecule has 2 aliphatic heterocycles. The van der Waals surface area contributed by atoms with E-state index in [1.165, 1.54) is 60.6 Å². The molecule has 0 aliphatic carbocycles. The average Bonchev–Trinajstić information content (AvgIpc) is 3.21. The first-order chi connectivity index (χ1) is 13.3. The highest BCUT2D eigenvalue weighted by Crippen LogP contribution is 2.36. The van der Waals surface area contributed by atoms with Crippen LogP contribution in [0.15, 0.2) is 78.9 Å². The van der Waals surface area contributed by atoms with Crippen LogP contribution in [0.4, 0.5) is 0 Å². The summed E-state index contributed by atoms with van der Waals surface area (Å²) in [7, 11) is 0. The van der Waals surface area contributed by atoms with Crippen molar-refractivity contribution < 1.29 is 0 Å². The van der Waals surface area contributed by atoms with Gasteiger partial charge in [0.05, 0.1) is 5.52 Å². The first-order valence-corrected chi connectivity index (χ1v) is 9.59. The molecule has 0 saturated carbocycles. The molecule has 7 rings (SSSR count). The second kappa shape index (κ2) is 4.53. The molecule has 1 aromatic heterocycles. The van der Waals surface area contributed by atoms with E-state index in [9.17, 15) is 0 Å². The van der Waals surface area contributed by atoms with Crippen molar-refractivity contribution in [3.8, 4) is 16.8 Å². The van der Waals surface area contributed by atoms with Crippen LogP contribution in [-0.2, 0) is 0 Å². The summed E-state index contributed by atoms with van der Waals surface area (Å²) in [6.07, 6.45) is 0. The molecule has 3 heterocycles. The van der Waals surface area contributed by atoms with E-state index in [1.54, 1.807) is 0 Å². The molecule has 0 unspecified atom stereocenters. The Bertz CT molecular complexity index is 1440. The third-order valence-electron chi connectivity index (χ3n) is 6.46. The minimum atomic E-state index is 0.342. The van der Waals surface area contributed by atoms with Gasteiger partial charge in [0.1, 0.15) is 0 Å². The second-order valence-electron chi connectivity index (χ2n) is 7.86. The van der Waals surface area contributed by atoms with Crippen molar-refractivity contribution in [3.63, 3.8) is 0 Å². The molecule has 2 heteroatoms. The SMILES string of the molecule is Cc1ccc2c(c1)c1cccc3c1n2-c1cccc2c1B3c1ccccc1-2. The monoisotopic (exact) mass is 341 g/mol. The van der Waals surface area contributed by atoms with Crippen LogP contribution >= 0.6 is 0 Å². The molecule has 124 valence electrons. The number of benzene rings is 4. The smallest absolute Gasteiger partial charge is 0.248 e. The normalized spacial score (nSPS) is 13.3. The van der Waals surface area contributed by atoms with Crippen molar-refractivity contribution in [3.05, 3.63) is 84.4 Å². The fraction of sp³-hybridized carbons (Fsp3) is 0.0400. The summed E-state index contributed by atoms with van der Waals surface area (Å²) in [5.74, 6) is 0. The fourth-order valence-corrected chi connectivity index (χ4v) is 5.45. The summed E-state index contributed by atoms with van der Waals surface area (Å²) in [4.78, 5) is 0. The maximum absolute atomic E-state index is 2.50. The van der Waals surface area contributed by atoms with Gasteiger partial charge in [0.15, 0.2) is 0 Å². The largest absolute Gasteiger partial charge is 0.310 e. The Morgan fingerprint density at radius 2 is 1.52 bits per heavy atom. The lowest BCUT2D eigenvalue weighted by Crippen LogP contribution is -2.53. The molecule has 0 N–H and O–H groups in total. The summed E-state index contributed by atoms with van der Waals surface area (Å²) in [6.45, 7) is 2.52. The van der Waals surface area contributed by atoms with Gasteiger partial charge in [-0.2, -0.15) is 0 Å². The van der Waals surface area contributed by atoms with Crippen LogP contribution < -0.4 is 16.4 Å². The van der Waals surface area contributed by atoms with Crippen molar-refractivity contribution in [1.29, 1.82) is 0 Å². The van der Waals surface area contributed by atoms with Gasteiger partial charge < -0.3 is 4.57 Å². The first-order valence-electron chi connectivity index (χ1n) is 9.59. The third kappa shape index (κ3) is 1.50. The van der Waals surface area contributed by atoms with E-state index in [4.69, 9.17) is 0 Å². The molecule has 0 bridgehead atoms. The number of aryl methyl sites for hydroxylation is 1. The Kier molecular flexibility index (Phi) is 2.33. The maximum atomic E-state index is 2.50. The van der Waals surface area contributed by atoms with Gasteiger partial charge in [0.25, 0.3) is 0 Å². The van der Waals surface area contributed by atoms with Crippen molar-refractivity contribution in [2.45, 2.75) is 6.92 Å². The summed E-state index contributed by atoms with van der Waals surface area (Å²) in [5.41, 5.74) is 12.5. The zero-order chi connectivity index (χ0) is 17.7. The van der Waals surface area contributed by atoms with Crippen LogP contribution in [0, 0.1) is 6.92 Å². The van der Waals surface area contributed by atoms with Gasteiger partial charge >= 0.3 is 0 Å². The van der Waals surface area contributed by atoms with Crippen molar-refractivity contribution in [2.75, 3.05) is 0 Å². The number of nitrogens with zero attached hydrogens (tertiary/aromatic N) is 1. The topological polar surface area (TPSA) is 4.93 Å². The highest BCUT2D eigenvalue weighted by Gasteiger charge is 2.40. The Labute approximate surface area is 158 Å². The molecular weight excluding hydrogens is 325 g/mol. The number of hydrogen-bond acceptors (Lipinski definition) is 0. The van der Waals surface area contributed by atoms with E-state index >= 15 is 0 Å². The first kappa shape index (κ1) is 13.9. The zero-order valence-electron chi connectivity index (χ0n) is 15.0. The van der Waals surface area contributed by atoms with E-state index in [0.717, 1.165) is 0 Å². The van der Waals surface area contributed by atoms with Crippen molar-refractivity contribution >= 4 is 44.9 Å². The molecule has 1 nitrogen and oxygen atoms in total. The van der Waals surface area contributed by atoms with Crippen LogP contribution in [0.3, 0.4) is 0 Å². The molecule has 0 spiro atoms. The number of aromatic nitrogens is 1. The fourth-order valence-electron chi connectivity index (χ4n) is 5.45. The third-order valence-corrected chi connectivity index (χ3v) is 6.46. The van der Waals surface area contributed by atoms with Crippen LogP contribution in [0.25, 0.3) is 38.6 Å². The Balaban J connectivity index is 1.77. The van der Waals surface area contributed by atoms with Gasteiger partial charge in [-0.25, -0.2) is 0 Å². The molecule has 27 heavy (non-hydrogen) atoms. The van der Waals surface area contributed by atoms with Crippen molar-refractivity contribution in [2.24, 2.45) is 0 Å². The Hall–Kier alpha value is -3.26. The molecule has 5 aromatic rings. The lowest BCUT2D eigenvalue weighted by molar-refractivity contribution is 1.19. The second-order valence-corrected chi connectivity index (χ2v) is 7.86. The van der Waals surface area contributed by atoms with Gasteiger partial charge in [0.2, 0.25) is 6.71 Å². The Morgan fingerprint density at radius 1 is 0.704 bits per heavy atom. The number of hydrogen-bond donors (Lipinski definition) is 0. The lowest BCUT2D eigenvalue weighted by Gasteiger charge is -2.24. The molecule has 4 aromatic carbocycles. The maximum Gasteiger partial charge on any atom is 0.248 e. The summed E-state index contributed by atoms with van der Waals surface area (Å²) >= 11 is 0. The van der Waals surface area contributed by atoms with Gasteiger partial charge in [-0.3, -0.25) is 0 Å². The summed E-state index contributed by atoms with van der Waals surface area (Å²) < 4.78 is 2.50. The Morgan fingerprint density at radius 3 is 2.48 bits per heavy atom. The number of rotatable bonds is 0. The predicted octanol–water partition coefficient (Wildman–Crippen LogP) is 3.90. The van der Waals surface area contributed by atoms with Gasteiger partial charge in [-0.1, -0.05) is 71.7 Å². The van der Waals surface area contributed by atoms with Gasteiger partial charge in [-0.15, -0.1) is 0 Å². The van der Waals surface area contributed by atoms with E-state index in [0.29, 0.717) is 6.71 Å². The van der Waals surface area contributed by atoms with E-state index < -0.39 is 0 Å².